The molecule has 1 aromatic rings. The summed E-state index contributed by atoms with van der Waals surface area (Å²) in [5, 5.41) is 11.3. The Labute approximate surface area is 105 Å². The highest BCUT2D eigenvalue weighted by Crippen LogP contribution is 2.10. The third-order valence-corrected chi connectivity index (χ3v) is 2.33. The minimum Gasteiger partial charge on any atom is -0.478 e. The van der Waals surface area contributed by atoms with Gasteiger partial charge in [0.15, 0.2) is 0 Å². The zero-order chi connectivity index (χ0) is 13.5. The summed E-state index contributed by atoms with van der Waals surface area (Å²) < 4.78 is 5.00. The van der Waals surface area contributed by atoms with E-state index in [4.69, 9.17) is 9.84 Å². The van der Waals surface area contributed by atoms with Crippen molar-refractivity contribution in [2.24, 2.45) is 0 Å². The van der Waals surface area contributed by atoms with Crippen molar-refractivity contribution in [3.8, 4) is 5.75 Å². The molecule has 0 aliphatic heterocycles. The number of ether oxygens (including phenoxy) is 1. The molecule has 0 heterocycles. The molecule has 0 atom stereocenters. The van der Waals surface area contributed by atoms with Gasteiger partial charge in [0.25, 0.3) is 0 Å². The van der Waals surface area contributed by atoms with Crippen LogP contribution in [0.15, 0.2) is 41.6 Å². The largest absolute Gasteiger partial charge is 0.478 e. The molecule has 5 heteroatoms. The number of carbonyl (C=O) groups is 2. The lowest BCUT2D eigenvalue weighted by atomic mass is 10.2. The molecule has 1 amide bonds. The maximum absolute atomic E-state index is 11.5. The summed E-state index contributed by atoms with van der Waals surface area (Å²) in [7, 11) is 0. The maximum Gasteiger partial charge on any atom is 0.416 e. The summed E-state index contributed by atoms with van der Waals surface area (Å²) in [6, 6.07) is 8.55. The van der Waals surface area contributed by atoms with Crippen molar-refractivity contribution in [3.63, 3.8) is 0 Å². The van der Waals surface area contributed by atoms with Gasteiger partial charge in [-0.1, -0.05) is 25.1 Å². The van der Waals surface area contributed by atoms with Gasteiger partial charge in [0.1, 0.15) is 5.75 Å². The summed E-state index contributed by atoms with van der Waals surface area (Å²) in [6.07, 6.45) is -0.291. The van der Waals surface area contributed by atoms with Gasteiger partial charge in [-0.05, 0) is 25.5 Å². The average Bonchev–Trinajstić information content (AvgIpc) is 2.36. The van der Waals surface area contributed by atoms with E-state index in [1.54, 1.807) is 37.3 Å². The SMILES string of the molecule is CC/C(NC(=O)Oc1ccccc1)=C(/C)C(=O)O. The van der Waals surface area contributed by atoms with Crippen molar-refractivity contribution in [2.75, 3.05) is 0 Å². The van der Waals surface area contributed by atoms with Crippen LogP contribution in [-0.4, -0.2) is 17.2 Å². The first-order valence-corrected chi connectivity index (χ1v) is 5.51. The fourth-order valence-corrected chi connectivity index (χ4v) is 1.32. The summed E-state index contributed by atoms with van der Waals surface area (Å²) in [6.45, 7) is 3.19. The molecule has 0 unspecified atom stereocenters. The number of allylic oxidation sites excluding steroid dienone is 1. The number of amides is 1. The normalized spacial score (nSPS) is 11.4. The number of hydrogen-bond donors (Lipinski definition) is 2. The monoisotopic (exact) mass is 249 g/mol. The van der Waals surface area contributed by atoms with E-state index in [1.165, 1.54) is 6.92 Å². The van der Waals surface area contributed by atoms with Gasteiger partial charge in [-0.15, -0.1) is 0 Å². The quantitative estimate of drug-likeness (QED) is 0.804. The smallest absolute Gasteiger partial charge is 0.416 e. The fourth-order valence-electron chi connectivity index (χ4n) is 1.32. The molecule has 0 aliphatic carbocycles. The number of carboxylic acids is 1. The van der Waals surface area contributed by atoms with Gasteiger partial charge in [-0.2, -0.15) is 0 Å². The molecule has 0 bridgehead atoms. The van der Waals surface area contributed by atoms with Crippen LogP contribution in [0.3, 0.4) is 0 Å². The lowest BCUT2D eigenvalue weighted by Gasteiger charge is -2.10. The Kier molecular flexibility index (Phi) is 4.92. The fraction of sp³-hybridized carbons (Fsp3) is 0.231. The predicted octanol–water partition coefficient (Wildman–Crippen LogP) is 2.54. The number of para-hydroxylation sites is 1. The van der Waals surface area contributed by atoms with Crippen LogP contribution in [0.25, 0.3) is 0 Å². The van der Waals surface area contributed by atoms with E-state index < -0.39 is 12.1 Å². The molecule has 0 aliphatic rings. The van der Waals surface area contributed by atoms with Crippen LogP contribution in [0.4, 0.5) is 4.79 Å². The molecule has 2 N–H and O–H groups in total. The average molecular weight is 249 g/mol. The molecule has 0 spiro atoms. The Balaban J connectivity index is 2.70. The Morgan fingerprint density at radius 1 is 1.28 bits per heavy atom. The maximum atomic E-state index is 11.5. The van der Waals surface area contributed by atoms with Gasteiger partial charge in [-0.3, -0.25) is 5.32 Å². The van der Waals surface area contributed by atoms with Crippen molar-refractivity contribution in [2.45, 2.75) is 20.3 Å². The second-order valence-corrected chi connectivity index (χ2v) is 3.59. The van der Waals surface area contributed by atoms with E-state index in [0.717, 1.165) is 0 Å². The van der Waals surface area contributed by atoms with Gasteiger partial charge >= 0.3 is 12.1 Å². The molecule has 18 heavy (non-hydrogen) atoms. The van der Waals surface area contributed by atoms with E-state index in [0.29, 0.717) is 17.9 Å². The number of rotatable bonds is 4. The minimum atomic E-state index is -1.06. The van der Waals surface area contributed by atoms with Crippen LogP contribution in [0.1, 0.15) is 20.3 Å². The number of carbonyl (C=O) groups excluding carboxylic acids is 1. The van der Waals surface area contributed by atoms with E-state index in [2.05, 4.69) is 5.32 Å². The minimum absolute atomic E-state index is 0.0995. The molecule has 0 saturated carbocycles. The molecule has 0 radical (unpaired) electrons. The first-order valence-electron chi connectivity index (χ1n) is 5.51. The zero-order valence-corrected chi connectivity index (χ0v) is 10.3. The molecular formula is C13H15NO4. The molecule has 0 aromatic heterocycles. The van der Waals surface area contributed by atoms with Crippen molar-refractivity contribution in [1.29, 1.82) is 0 Å². The third-order valence-electron chi connectivity index (χ3n) is 2.33. The summed E-state index contributed by atoms with van der Waals surface area (Å²) in [4.78, 5) is 22.3. The lowest BCUT2D eigenvalue weighted by molar-refractivity contribution is -0.132. The lowest BCUT2D eigenvalue weighted by Crippen LogP contribution is -2.27. The van der Waals surface area contributed by atoms with E-state index in [-0.39, 0.29) is 5.57 Å². The molecule has 0 saturated heterocycles. The number of aliphatic carboxylic acids is 1. The Bertz CT molecular complexity index is 465. The molecule has 96 valence electrons. The third kappa shape index (κ3) is 3.93. The first kappa shape index (κ1) is 13.8. The highest BCUT2D eigenvalue weighted by Gasteiger charge is 2.12. The molecular weight excluding hydrogens is 234 g/mol. The topological polar surface area (TPSA) is 75.6 Å². The van der Waals surface area contributed by atoms with Gasteiger partial charge in [0.2, 0.25) is 0 Å². The Morgan fingerprint density at radius 3 is 2.39 bits per heavy atom. The van der Waals surface area contributed by atoms with Crippen LogP contribution >= 0.6 is 0 Å². The van der Waals surface area contributed by atoms with Gasteiger partial charge < -0.3 is 9.84 Å². The highest BCUT2D eigenvalue weighted by molar-refractivity contribution is 5.87. The number of nitrogens with one attached hydrogen (secondary N) is 1. The second-order valence-electron chi connectivity index (χ2n) is 3.59. The standard InChI is InChI=1S/C13H15NO4/c1-3-11(9(2)12(15)16)14-13(17)18-10-7-5-4-6-8-10/h4-8H,3H2,1-2H3,(H,14,17)(H,15,16)/b11-9+. The van der Waals surface area contributed by atoms with Crippen LogP contribution in [0.5, 0.6) is 5.75 Å². The van der Waals surface area contributed by atoms with Gasteiger partial charge in [0, 0.05) is 5.70 Å². The van der Waals surface area contributed by atoms with E-state index >= 15 is 0 Å². The summed E-state index contributed by atoms with van der Waals surface area (Å²) in [5.41, 5.74) is 0.436. The number of benzene rings is 1. The van der Waals surface area contributed by atoms with Crippen molar-refractivity contribution in [1.82, 2.24) is 5.32 Å². The predicted molar refractivity (Wildman–Crippen MR) is 66.2 cm³/mol. The van der Waals surface area contributed by atoms with Gasteiger partial charge in [0.05, 0.1) is 5.57 Å². The number of carboxylic acid groups (broad SMARTS) is 1. The molecule has 1 rings (SSSR count). The van der Waals surface area contributed by atoms with Crippen LogP contribution < -0.4 is 10.1 Å². The molecule has 1 aromatic carbocycles. The van der Waals surface area contributed by atoms with E-state index in [1.807, 2.05) is 0 Å². The van der Waals surface area contributed by atoms with Crippen molar-refractivity contribution in [3.05, 3.63) is 41.6 Å². The van der Waals surface area contributed by atoms with E-state index in [9.17, 15) is 9.59 Å². The van der Waals surface area contributed by atoms with Crippen molar-refractivity contribution < 1.29 is 19.4 Å². The first-order chi connectivity index (χ1) is 8.54. The van der Waals surface area contributed by atoms with Crippen LogP contribution in [0, 0.1) is 0 Å². The second kappa shape index (κ2) is 6.44. The van der Waals surface area contributed by atoms with Gasteiger partial charge in [-0.25, -0.2) is 9.59 Å². The van der Waals surface area contributed by atoms with Crippen LogP contribution in [0.2, 0.25) is 0 Å². The summed E-state index contributed by atoms with van der Waals surface area (Å²) in [5.74, 6) is -0.662. The van der Waals surface area contributed by atoms with Crippen molar-refractivity contribution >= 4 is 12.1 Å². The molecule has 5 nitrogen and oxygen atoms in total. The highest BCUT2D eigenvalue weighted by atomic mass is 16.6. The van der Waals surface area contributed by atoms with Crippen LogP contribution in [-0.2, 0) is 4.79 Å². The Hall–Kier alpha value is -2.30. The zero-order valence-electron chi connectivity index (χ0n) is 10.3. The Morgan fingerprint density at radius 2 is 1.89 bits per heavy atom. The molecule has 0 fully saturated rings. The number of hydrogen-bond acceptors (Lipinski definition) is 3. The summed E-state index contributed by atoms with van der Waals surface area (Å²) >= 11 is 0.